The Morgan fingerprint density at radius 3 is 2.31 bits per heavy atom. The second kappa shape index (κ2) is 6.72. The van der Waals surface area contributed by atoms with Crippen molar-refractivity contribution in [2.75, 3.05) is 6.61 Å². The molecule has 1 aromatic rings. The molecule has 0 N–H and O–H groups in total. The van der Waals surface area contributed by atoms with E-state index in [0.29, 0.717) is 39.1 Å². The molecule has 0 spiro atoms. The first-order valence-electron chi connectivity index (χ1n) is 14.8. The molecule has 2 heterocycles. The van der Waals surface area contributed by atoms with Gasteiger partial charge in [-0.1, -0.05) is 48.5 Å². The van der Waals surface area contributed by atoms with Crippen LogP contribution in [0, 0.1) is 50.7 Å². The highest BCUT2D eigenvalue weighted by Gasteiger charge is 2.72. The van der Waals surface area contributed by atoms with Crippen LogP contribution in [0.3, 0.4) is 0 Å². The zero-order chi connectivity index (χ0) is 24.6. The van der Waals surface area contributed by atoms with Gasteiger partial charge in [0.05, 0.1) is 24.1 Å². The minimum absolute atomic E-state index is 0.104. The van der Waals surface area contributed by atoms with Gasteiger partial charge in [-0.25, -0.2) is 0 Å². The van der Waals surface area contributed by atoms with Crippen LogP contribution in [0.1, 0.15) is 111 Å². The van der Waals surface area contributed by atoms with E-state index in [1.54, 1.807) is 0 Å². The van der Waals surface area contributed by atoms with E-state index >= 15 is 0 Å². The summed E-state index contributed by atoms with van der Waals surface area (Å²) in [7, 11) is 0. The van der Waals surface area contributed by atoms with Crippen molar-refractivity contribution < 1.29 is 4.74 Å². The fourth-order valence-electron chi connectivity index (χ4n) is 12.3. The van der Waals surface area contributed by atoms with Crippen molar-refractivity contribution in [1.29, 1.82) is 0 Å². The maximum atomic E-state index is 6.75. The Hall–Kier alpha value is -0.960. The zero-order valence-electron chi connectivity index (χ0n) is 23.4. The summed E-state index contributed by atoms with van der Waals surface area (Å²) in [5.74, 6) is 3.07. The van der Waals surface area contributed by atoms with Crippen molar-refractivity contribution in [3.63, 3.8) is 0 Å². The summed E-state index contributed by atoms with van der Waals surface area (Å²) < 4.78 is 6.75. The van der Waals surface area contributed by atoms with Crippen molar-refractivity contribution in [3.05, 3.63) is 23.8 Å². The maximum Gasteiger partial charge on any atom is 0.0678 e. The molecule has 7 rings (SSSR count). The number of aromatic nitrogens is 2. The number of ether oxygens (including phenoxy) is 1. The molecule has 0 aromatic carbocycles. The summed E-state index contributed by atoms with van der Waals surface area (Å²) in [4.78, 5) is 9.83. The largest absolute Gasteiger partial charge is 0.377 e. The van der Waals surface area contributed by atoms with Gasteiger partial charge in [0.25, 0.3) is 0 Å². The Balaban J connectivity index is 1.31. The van der Waals surface area contributed by atoms with Gasteiger partial charge in [-0.2, -0.15) is 0 Å². The minimum Gasteiger partial charge on any atom is -0.377 e. The number of hydrogen-bond donors (Lipinski definition) is 0. The number of hydrogen-bond acceptors (Lipinski definition) is 3. The fraction of sp³-hybridized carbons (Fsp3) is 0.875. The molecule has 0 unspecified atom stereocenters. The molecule has 1 saturated heterocycles. The van der Waals surface area contributed by atoms with Crippen LogP contribution in [0.4, 0.5) is 0 Å². The van der Waals surface area contributed by atoms with E-state index in [0.717, 1.165) is 30.8 Å². The molecular formula is C32H48N2O. The highest BCUT2D eigenvalue weighted by molar-refractivity contribution is 5.32. The second-order valence-electron chi connectivity index (χ2n) is 16.0. The second-order valence-corrected chi connectivity index (χ2v) is 16.0. The van der Waals surface area contributed by atoms with Gasteiger partial charge in [0.15, 0.2) is 0 Å². The molecule has 6 aliphatic rings. The fourth-order valence-corrected chi connectivity index (χ4v) is 12.3. The third kappa shape index (κ3) is 2.58. The Labute approximate surface area is 213 Å². The van der Waals surface area contributed by atoms with Crippen LogP contribution in [-0.2, 0) is 16.6 Å². The average molecular weight is 477 g/mol. The maximum absolute atomic E-state index is 6.75. The van der Waals surface area contributed by atoms with Gasteiger partial charge in [-0.15, -0.1) is 0 Å². The Bertz CT molecular complexity index is 1060. The van der Waals surface area contributed by atoms with Gasteiger partial charge in [0, 0.05) is 17.8 Å². The van der Waals surface area contributed by atoms with Gasteiger partial charge in [-0.05, 0) is 109 Å². The molecule has 5 aliphatic carbocycles. The molecular weight excluding hydrogens is 428 g/mol. The summed E-state index contributed by atoms with van der Waals surface area (Å²) in [6.07, 6.45) is 16.6. The molecule has 4 saturated carbocycles. The first kappa shape index (κ1) is 23.2. The van der Waals surface area contributed by atoms with Crippen LogP contribution < -0.4 is 0 Å². The van der Waals surface area contributed by atoms with Crippen LogP contribution in [0.25, 0.3) is 0 Å². The lowest BCUT2D eigenvalue weighted by atomic mass is 9.31. The van der Waals surface area contributed by atoms with Crippen LogP contribution in [0.2, 0.25) is 0 Å². The summed E-state index contributed by atoms with van der Waals surface area (Å²) >= 11 is 0. The highest BCUT2D eigenvalue weighted by atomic mass is 16.5. The SMILES string of the molecule is CC1(C)CC[C@@]23CC[C@@]4(C)[C@H](CC[C@H]5[C@@]6(C)Cc7nccnc7C(C)(C)[C@@H]6CC[C@@]54C)[C@@H]2[C@@H]1OC3. The van der Waals surface area contributed by atoms with E-state index < -0.39 is 0 Å². The molecule has 0 radical (unpaired) electrons. The highest BCUT2D eigenvalue weighted by Crippen LogP contribution is 2.77. The summed E-state index contributed by atoms with van der Waals surface area (Å²) in [6.45, 7) is 19.2. The molecule has 35 heavy (non-hydrogen) atoms. The molecule has 9 atom stereocenters. The van der Waals surface area contributed by atoms with E-state index in [1.165, 1.54) is 62.8 Å². The van der Waals surface area contributed by atoms with Crippen molar-refractivity contribution in [2.45, 2.75) is 118 Å². The predicted molar refractivity (Wildman–Crippen MR) is 140 cm³/mol. The van der Waals surface area contributed by atoms with Crippen LogP contribution >= 0.6 is 0 Å². The molecule has 1 aromatic heterocycles. The van der Waals surface area contributed by atoms with Crippen molar-refractivity contribution in [3.8, 4) is 0 Å². The van der Waals surface area contributed by atoms with Crippen molar-refractivity contribution >= 4 is 0 Å². The Morgan fingerprint density at radius 1 is 0.771 bits per heavy atom. The molecule has 5 fully saturated rings. The standard InChI is InChI=1S/C32H48N2O/c1-27(2)12-14-32-15-13-30(6)20(24(32)26(27)35-19-32)8-9-23-29(5)18-21-25(34-17-16-33-21)28(3,4)22(29)10-11-31(23,30)7/h16-17,20,22-24,26H,8-15,18-19H2,1-7H3/t20-,22+,23+,24-,26+,29+,30+,31+,32+/m1/s1. The van der Waals surface area contributed by atoms with Gasteiger partial charge in [0.2, 0.25) is 0 Å². The van der Waals surface area contributed by atoms with Gasteiger partial charge in [-0.3, -0.25) is 9.97 Å². The molecule has 0 amide bonds. The van der Waals surface area contributed by atoms with E-state index in [2.05, 4.69) is 48.5 Å². The predicted octanol–water partition coefficient (Wildman–Crippen LogP) is 7.38. The summed E-state index contributed by atoms with van der Waals surface area (Å²) in [5.41, 5.74) is 4.62. The number of rotatable bonds is 0. The molecule has 1 aliphatic heterocycles. The number of fused-ring (bicyclic) bond motifs is 6. The monoisotopic (exact) mass is 476 g/mol. The van der Waals surface area contributed by atoms with Crippen molar-refractivity contribution in [1.82, 2.24) is 9.97 Å². The smallest absolute Gasteiger partial charge is 0.0678 e. The van der Waals surface area contributed by atoms with Gasteiger partial charge in [0.1, 0.15) is 0 Å². The lowest BCUT2D eigenvalue weighted by Gasteiger charge is -2.72. The zero-order valence-corrected chi connectivity index (χ0v) is 23.4. The normalized spacial score (nSPS) is 52.9. The summed E-state index contributed by atoms with van der Waals surface area (Å²) in [5, 5.41) is 0. The molecule has 192 valence electrons. The molecule has 2 bridgehead atoms. The first-order chi connectivity index (χ1) is 16.4. The van der Waals surface area contributed by atoms with Crippen LogP contribution in [-0.4, -0.2) is 22.7 Å². The quantitative estimate of drug-likeness (QED) is 0.392. The first-order valence-corrected chi connectivity index (χ1v) is 14.8. The van der Waals surface area contributed by atoms with Crippen LogP contribution in [0.15, 0.2) is 12.4 Å². The average Bonchev–Trinajstić information content (AvgIpc) is 3.13. The van der Waals surface area contributed by atoms with Crippen LogP contribution in [0.5, 0.6) is 0 Å². The molecule has 3 nitrogen and oxygen atoms in total. The third-order valence-corrected chi connectivity index (χ3v) is 14.2. The summed E-state index contributed by atoms with van der Waals surface area (Å²) in [6, 6.07) is 0. The van der Waals surface area contributed by atoms with Gasteiger partial charge >= 0.3 is 0 Å². The topological polar surface area (TPSA) is 35.0 Å². The lowest BCUT2D eigenvalue weighted by Crippen LogP contribution is -2.67. The van der Waals surface area contributed by atoms with Crippen molar-refractivity contribution in [2.24, 2.45) is 50.7 Å². The van der Waals surface area contributed by atoms with E-state index in [1.807, 2.05) is 12.4 Å². The number of nitrogens with zero attached hydrogens (tertiary/aromatic N) is 2. The third-order valence-electron chi connectivity index (χ3n) is 14.2. The van der Waals surface area contributed by atoms with Gasteiger partial charge < -0.3 is 4.74 Å². The lowest BCUT2D eigenvalue weighted by molar-refractivity contribution is -0.233. The van der Waals surface area contributed by atoms with E-state index in [9.17, 15) is 0 Å². The Kier molecular flexibility index (Phi) is 4.45. The molecule has 3 heteroatoms. The van der Waals surface area contributed by atoms with E-state index in [4.69, 9.17) is 14.7 Å². The Morgan fingerprint density at radius 2 is 1.51 bits per heavy atom. The minimum atomic E-state index is 0.104. The van der Waals surface area contributed by atoms with E-state index in [-0.39, 0.29) is 5.41 Å².